The van der Waals surface area contributed by atoms with Gasteiger partial charge in [-0.1, -0.05) is 19.9 Å². The van der Waals surface area contributed by atoms with Gasteiger partial charge in [-0.3, -0.25) is 4.90 Å². The van der Waals surface area contributed by atoms with Crippen molar-refractivity contribution in [1.82, 2.24) is 15.1 Å². The van der Waals surface area contributed by atoms with E-state index in [1.165, 1.54) is 5.56 Å². The molecule has 1 N–H and O–H groups in total. The molecule has 2 amide bonds. The fourth-order valence-corrected chi connectivity index (χ4v) is 3.40. The predicted molar refractivity (Wildman–Crippen MR) is 99.2 cm³/mol. The third-order valence-corrected chi connectivity index (χ3v) is 4.87. The third kappa shape index (κ3) is 4.78. The van der Waals surface area contributed by atoms with Crippen molar-refractivity contribution in [2.45, 2.75) is 26.4 Å². The number of benzene rings is 1. The maximum absolute atomic E-state index is 12.1. The van der Waals surface area contributed by atoms with Gasteiger partial charge in [0.2, 0.25) is 0 Å². The summed E-state index contributed by atoms with van der Waals surface area (Å²) < 4.78 is 10.7. The first kappa shape index (κ1) is 19.4. The van der Waals surface area contributed by atoms with Crippen molar-refractivity contribution in [1.29, 1.82) is 0 Å². The van der Waals surface area contributed by atoms with Crippen LogP contribution in [0.2, 0.25) is 0 Å². The predicted octanol–water partition coefficient (Wildman–Crippen LogP) is 2.43. The Kier molecular flexibility index (Phi) is 6.53. The minimum Gasteiger partial charge on any atom is -0.493 e. The van der Waals surface area contributed by atoms with E-state index < -0.39 is 0 Å². The van der Waals surface area contributed by atoms with Crippen LogP contribution < -0.4 is 14.8 Å². The standard InChI is InChI=1S/C19H31N3O3/c1-13(2)15-11-22(12-16(15)20-19(23)21(3)4)10-14-7-8-17(24-5)18(9-14)25-6/h7-9,13,15-16H,10-12H2,1-6H3,(H,20,23). The molecule has 1 aromatic carbocycles. The second-order valence-electron chi connectivity index (χ2n) is 7.24. The zero-order valence-corrected chi connectivity index (χ0v) is 16.2. The molecule has 0 spiro atoms. The van der Waals surface area contributed by atoms with Crippen molar-refractivity contribution < 1.29 is 14.3 Å². The number of nitrogens with one attached hydrogen (secondary N) is 1. The number of hydrogen-bond donors (Lipinski definition) is 1. The van der Waals surface area contributed by atoms with Crippen molar-refractivity contribution >= 4 is 6.03 Å². The van der Waals surface area contributed by atoms with Crippen LogP contribution >= 0.6 is 0 Å². The SMILES string of the molecule is COc1ccc(CN2CC(NC(=O)N(C)C)C(C(C)C)C2)cc1OC. The lowest BCUT2D eigenvalue weighted by atomic mass is 9.91. The van der Waals surface area contributed by atoms with E-state index in [2.05, 4.69) is 30.1 Å². The lowest BCUT2D eigenvalue weighted by molar-refractivity contribution is 0.207. The molecule has 0 aliphatic carbocycles. The number of ether oxygens (including phenoxy) is 2. The lowest BCUT2D eigenvalue weighted by Crippen LogP contribution is -2.46. The zero-order valence-electron chi connectivity index (χ0n) is 16.2. The Morgan fingerprint density at radius 1 is 1.24 bits per heavy atom. The van der Waals surface area contributed by atoms with Crippen molar-refractivity contribution in [3.05, 3.63) is 23.8 Å². The maximum atomic E-state index is 12.1. The van der Waals surface area contributed by atoms with Crippen LogP contribution in [0.3, 0.4) is 0 Å². The van der Waals surface area contributed by atoms with Gasteiger partial charge < -0.3 is 19.7 Å². The van der Waals surface area contributed by atoms with Gasteiger partial charge >= 0.3 is 6.03 Å². The normalized spacial score (nSPS) is 20.6. The summed E-state index contributed by atoms with van der Waals surface area (Å²) in [6.45, 7) is 7.11. The van der Waals surface area contributed by atoms with Crippen LogP contribution in [0.5, 0.6) is 11.5 Å². The van der Waals surface area contributed by atoms with Crippen molar-refractivity contribution in [3.8, 4) is 11.5 Å². The summed E-state index contributed by atoms with van der Waals surface area (Å²) in [5, 5.41) is 3.17. The van der Waals surface area contributed by atoms with Crippen LogP contribution in [0.15, 0.2) is 18.2 Å². The van der Waals surface area contributed by atoms with Gasteiger partial charge in [0.25, 0.3) is 0 Å². The first-order chi connectivity index (χ1) is 11.8. The topological polar surface area (TPSA) is 54.0 Å². The number of hydrogen-bond acceptors (Lipinski definition) is 4. The first-order valence-corrected chi connectivity index (χ1v) is 8.76. The van der Waals surface area contributed by atoms with Gasteiger partial charge in [0.05, 0.1) is 14.2 Å². The van der Waals surface area contributed by atoms with E-state index in [1.54, 1.807) is 33.2 Å². The molecule has 2 unspecified atom stereocenters. The highest BCUT2D eigenvalue weighted by Gasteiger charge is 2.35. The summed E-state index contributed by atoms with van der Waals surface area (Å²) in [5.74, 6) is 2.45. The number of methoxy groups -OCH3 is 2. The molecular formula is C19H31N3O3. The van der Waals surface area contributed by atoms with E-state index in [4.69, 9.17) is 9.47 Å². The Morgan fingerprint density at radius 3 is 2.48 bits per heavy atom. The average Bonchev–Trinajstić information content (AvgIpc) is 2.97. The molecule has 1 heterocycles. The highest BCUT2D eigenvalue weighted by Crippen LogP contribution is 2.30. The Bertz CT molecular complexity index is 589. The summed E-state index contributed by atoms with van der Waals surface area (Å²) in [6, 6.07) is 6.18. The Morgan fingerprint density at radius 2 is 1.92 bits per heavy atom. The number of nitrogens with zero attached hydrogens (tertiary/aromatic N) is 2. The van der Waals surface area contributed by atoms with Gasteiger partial charge in [0, 0.05) is 39.8 Å². The Hall–Kier alpha value is -1.95. The third-order valence-electron chi connectivity index (χ3n) is 4.87. The first-order valence-electron chi connectivity index (χ1n) is 8.76. The van der Waals surface area contributed by atoms with Gasteiger partial charge in [-0.25, -0.2) is 4.79 Å². The van der Waals surface area contributed by atoms with Crippen molar-refractivity contribution in [3.63, 3.8) is 0 Å². The Balaban J connectivity index is 2.07. The molecule has 1 aliphatic heterocycles. The number of urea groups is 1. The van der Waals surface area contributed by atoms with Gasteiger partial charge in [-0.05, 0) is 29.5 Å². The monoisotopic (exact) mass is 349 g/mol. The molecule has 25 heavy (non-hydrogen) atoms. The van der Waals surface area contributed by atoms with E-state index in [0.29, 0.717) is 11.8 Å². The second kappa shape index (κ2) is 8.43. The molecular weight excluding hydrogens is 318 g/mol. The molecule has 0 saturated carbocycles. The van der Waals surface area contributed by atoms with E-state index in [-0.39, 0.29) is 12.1 Å². The minimum absolute atomic E-state index is 0.0244. The van der Waals surface area contributed by atoms with E-state index in [0.717, 1.165) is 31.1 Å². The van der Waals surface area contributed by atoms with E-state index >= 15 is 0 Å². The molecule has 6 heteroatoms. The van der Waals surface area contributed by atoms with E-state index in [9.17, 15) is 4.79 Å². The molecule has 2 rings (SSSR count). The lowest BCUT2D eigenvalue weighted by Gasteiger charge is -2.24. The van der Waals surface area contributed by atoms with Crippen LogP contribution in [-0.2, 0) is 6.54 Å². The van der Waals surface area contributed by atoms with Gasteiger partial charge in [-0.2, -0.15) is 0 Å². The fourth-order valence-electron chi connectivity index (χ4n) is 3.40. The molecule has 1 aromatic rings. The summed E-state index contributed by atoms with van der Waals surface area (Å²) >= 11 is 0. The van der Waals surface area contributed by atoms with Crippen LogP contribution in [-0.4, -0.2) is 63.3 Å². The molecule has 1 fully saturated rings. The summed E-state index contributed by atoms with van der Waals surface area (Å²) in [6.07, 6.45) is 0. The molecule has 140 valence electrons. The number of carbonyl (C=O) groups excluding carboxylic acids is 1. The summed E-state index contributed by atoms with van der Waals surface area (Å²) in [4.78, 5) is 16.0. The van der Waals surface area contributed by atoms with Gasteiger partial charge in [0.1, 0.15) is 0 Å². The quantitative estimate of drug-likeness (QED) is 0.857. The molecule has 0 aromatic heterocycles. The second-order valence-corrected chi connectivity index (χ2v) is 7.24. The van der Waals surface area contributed by atoms with Gasteiger partial charge in [-0.15, -0.1) is 0 Å². The zero-order chi connectivity index (χ0) is 18.6. The average molecular weight is 349 g/mol. The largest absolute Gasteiger partial charge is 0.493 e. The van der Waals surface area contributed by atoms with Crippen molar-refractivity contribution in [2.24, 2.45) is 11.8 Å². The van der Waals surface area contributed by atoms with Crippen LogP contribution in [0.4, 0.5) is 4.79 Å². The summed E-state index contributed by atoms with van der Waals surface area (Å²) in [5.41, 5.74) is 1.18. The molecule has 6 nitrogen and oxygen atoms in total. The number of carbonyl (C=O) groups is 1. The smallest absolute Gasteiger partial charge is 0.317 e. The highest BCUT2D eigenvalue weighted by atomic mass is 16.5. The Labute approximate surface area is 151 Å². The van der Waals surface area contributed by atoms with Crippen LogP contribution in [0, 0.1) is 11.8 Å². The molecule has 0 radical (unpaired) electrons. The molecule has 1 aliphatic rings. The fraction of sp³-hybridized carbons (Fsp3) is 0.632. The molecule has 2 atom stereocenters. The van der Waals surface area contributed by atoms with E-state index in [1.807, 2.05) is 12.1 Å². The molecule has 0 bridgehead atoms. The maximum Gasteiger partial charge on any atom is 0.317 e. The number of rotatable bonds is 6. The van der Waals surface area contributed by atoms with Crippen LogP contribution in [0.25, 0.3) is 0 Å². The van der Waals surface area contributed by atoms with Crippen molar-refractivity contribution in [2.75, 3.05) is 41.4 Å². The number of amides is 2. The van der Waals surface area contributed by atoms with Gasteiger partial charge in [0.15, 0.2) is 11.5 Å². The minimum atomic E-state index is -0.0244. The molecule has 1 saturated heterocycles. The number of likely N-dealkylation sites (tertiary alicyclic amines) is 1. The van der Waals surface area contributed by atoms with Crippen LogP contribution in [0.1, 0.15) is 19.4 Å². The highest BCUT2D eigenvalue weighted by molar-refractivity contribution is 5.73. The summed E-state index contributed by atoms with van der Waals surface area (Å²) in [7, 11) is 6.84.